The number of aliphatic imine (C=N–C) groups is 1. The molecule has 0 unspecified atom stereocenters. The van der Waals surface area contributed by atoms with Gasteiger partial charge in [-0.05, 0) is 43.2 Å². The van der Waals surface area contributed by atoms with Gasteiger partial charge in [0.05, 0.1) is 14.2 Å². The van der Waals surface area contributed by atoms with E-state index in [0.717, 1.165) is 41.7 Å². The summed E-state index contributed by atoms with van der Waals surface area (Å²) in [5, 5.41) is 6.12. The predicted molar refractivity (Wildman–Crippen MR) is 137 cm³/mol. The Balaban J connectivity index is 0.00000480. The third kappa shape index (κ3) is 8.64. The second-order valence-corrected chi connectivity index (χ2v) is 6.90. The normalized spacial score (nSPS) is 10.7. The molecule has 7 nitrogen and oxygen atoms in total. The number of ether oxygens (including phenoxy) is 2. The number of methoxy groups -OCH3 is 2. The SMILES string of the molecule is CCNC(=NCCc1ccc(NC(C)=O)cc1)N(C)Cc1ccc(OC)cc1OC.I. The second-order valence-electron chi connectivity index (χ2n) is 6.90. The minimum atomic E-state index is -0.0702. The van der Waals surface area contributed by atoms with Crippen molar-refractivity contribution >= 4 is 41.5 Å². The molecule has 0 aliphatic carbocycles. The van der Waals surface area contributed by atoms with E-state index in [1.807, 2.05) is 49.5 Å². The number of nitrogens with one attached hydrogen (secondary N) is 2. The fraction of sp³-hybridized carbons (Fsp3) is 0.391. The number of anilines is 1. The van der Waals surface area contributed by atoms with E-state index in [0.29, 0.717) is 13.1 Å². The minimum Gasteiger partial charge on any atom is -0.497 e. The zero-order chi connectivity index (χ0) is 21.9. The number of carbonyl (C=O) groups excluding carboxylic acids is 1. The van der Waals surface area contributed by atoms with Gasteiger partial charge in [-0.2, -0.15) is 0 Å². The Morgan fingerprint density at radius 3 is 2.39 bits per heavy atom. The third-order valence-electron chi connectivity index (χ3n) is 4.53. The van der Waals surface area contributed by atoms with Gasteiger partial charge in [0.25, 0.3) is 0 Å². The number of hydrogen-bond acceptors (Lipinski definition) is 4. The minimum absolute atomic E-state index is 0. The molecular weight excluding hydrogens is 507 g/mol. The summed E-state index contributed by atoms with van der Waals surface area (Å²) in [7, 11) is 5.31. The highest BCUT2D eigenvalue weighted by Crippen LogP contribution is 2.25. The Morgan fingerprint density at radius 1 is 1.10 bits per heavy atom. The number of rotatable bonds is 9. The van der Waals surface area contributed by atoms with Crippen LogP contribution in [0.1, 0.15) is 25.0 Å². The van der Waals surface area contributed by atoms with E-state index in [1.54, 1.807) is 14.2 Å². The van der Waals surface area contributed by atoms with E-state index in [-0.39, 0.29) is 29.9 Å². The van der Waals surface area contributed by atoms with Crippen LogP contribution < -0.4 is 20.1 Å². The highest BCUT2D eigenvalue weighted by Gasteiger charge is 2.11. The van der Waals surface area contributed by atoms with Crippen molar-refractivity contribution in [2.75, 3.05) is 39.7 Å². The van der Waals surface area contributed by atoms with Gasteiger partial charge in [-0.25, -0.2) is 0 Å². The van der Waals surface area contributed by atoms with Crippen molar-refractivity contribution in [2.45, 2.75) is 26.8 Å². The Labute approximate surface area is 202 Å². The smallest absolute Gasteiger partial charge is 0.221 e. The number of halogens is 1. The average Bonchev–Trinajstić information content (AvgIpc) is 2.74. The van der Waals surface area contributed by atoms with Crippen LogP contribution in [0.4, 0.5) is 5.69 Å². The first-order valence-corrected chi connectivity index (χ1v) is 10.0. The van der Waals surface area contributed by atoms with Gasteiger partial charge in [0.15, 0.2) is 5.96 Å². The van der Waals surface area contributed by atoms with Crippen LogP contribution >= 0.6 is 24.0 Å². The number of carbonyl (C=O) groups is 1. The molecule has 1 amide bonds. The first-order valence-electron chi connectivity index (χ1n) is 10.0. The van der Waals surface area contributed by atoms with Crippen molar-refractivity contribution in [1.29, 1.82) is 0 Å². The summed E-state index contributed by atoms with van der Waals surface area (Å²) < 4.78 is 10.8. The van der Waals surface area contributed by atoms with Crippen molar-refractivity contribution in [2.24, 2.45) is 4.99 Å². The highest BCUT2D eigenvalue weighted by molar-refractivity contribution is 14.0. The fourth-order valence-corrected chi connectivity index (χ4v) is 3.03. The topological polar surface area (TPSA) is 75.2 Å². The van der Waals surface area contributed by atoms with Crippen LogP contribution in [0.25, 0.3) is 0 Å². The van der Waals surface area contributed by atoms with E-state index in [4.69, 9.17) is 14.5 Å². The molecule has 2 rings (SSSR count). The van der Waals surface area contributed by atoms with Crippen LogP contribution in [-0.2, 0) is 17.8 Å². The highest BCUT2D eigenvalue weighted by atomic mass is 127. The van der Waals surface area contributed by atoms with Crippen LogP contribution in [0.3, 0.4) is 0 Å². The molecule has 0 saturated heterocycles. The van der Waals surface area contributed by atoms with Gasteiger partial charge in [-0.3, -0.25) is 9.79 Å². The first kappa shape index (κ1) is 26.5. The van der Waals surface area contributed by atoms with E-state index in [9.17, 15) is 4.79 Å². The monoisotopic (exact) mass is 540 g/mol. The van der Waals surface area contributed by atoms with Gasteiger partial charge in [0.2, 0.25) is 5.91 Å². The van der Waals surface area contributed by atoms with Crippen LogP contribution in [-0.4, -0.2) is 51.1 Å². The standard InChI is InChI=1S/C23H32N4O3.HI/c1-6-24-23(25-14-13-18-7-10-20(11-8-18)26-17(2)28)27(3)16-19-9-12-21(29-4)15-22(19)30-5;/h7-12,15H,6,13-14,16H2,1-5H3,(H,24,25)(H,26,28);1H. The van der Waals surface area contributed by atoms with Crippen LogP contribution in [0.5, 0.6) is 11.5 Å². The molecular formula is C23H33IN4O3. The number of hydrogen-bond donors (Lipinski definition) is 2. The molecule has 0 spiro atoms. The van der Waals surface area contributed by atoms with Gasteiger partial charge >= 0.3 is 0 Å². The quantitative estimate of drug-likeness (QED) is 0.287. The van der Waals surface area contributed by atoms with Crippen LogP contribution in [0.2, 0.25) is 0 Å². The summed E-state index contributed by atoms with van der Waals surface area (Å²) >= 11 is 0. The molecule has 0 fully saturated rings. The summed E-state index contributed by atoms with van der Waals surface area (Å²) in [6.45, 7) is 5.66. The Bertz CT molecular complexity index is 856. The summed E-state index contributed by atoms with van der Waals surface area (Å²) in [5.74, 6) is 2.32. The summed E-state index contributed by atoms with van der Waals surface area (Å²) in [6.07, 6.45) is 0.814. The average molecular weight is 540 g/mol. The molecule has 0 heterocycles. The lowest BCUT2D eigenvalue weighted by atomic mass is 10.1. The van der Waals surface area contributed by atoms with Crippen molar-refractivity contribution in [3.63, 3.8) is 0 Å². The molecule has 8 heteroatoms. The number of benzene rings is 2. The van der Waals surface area contributed by atoms with E-state index in [2.05, 4.69) is 22.5 Å². The van der Waals surface area contributed by atoms with Gasteiger partial charge < -0.3 is 25.0 Å². The number of nitrogens with zero attached hydrogens (tertiary/aromatic N) is 2. The van der Waals surface area contributed by atoms with Gasteiger partial charge in [0, 0.05) is 50.9 Å². The lowest BCUT2D eigenvalue weighted by molar-refractivity contribution is -0.114. The molecule has 0 bridgehead atoms. The molecule has 2 N–H and O–H groups in total. The maximum atomic E-state index is 11.1. The summed E-state index contributed by atoms with van der Waals surface area (Å²) in [5.41, 5.74) is 3.03. The Kier molecular flexibility index (Phi) is 11.8. The van der Waals surface area contributed by atoms with Crippen molar-refractivity contribution in [3.8, 4) is 11.5 Å². The predicted octanol–water partition coefficient (Wildman–Crippen LogP) is 3.92. The van der Waals surface area contributed by atoms with E-state index < -0.39 is 0 Å². The molecule has 31 heavy (non-hydrogen) atoms. The number of guanidine groups is 1. The second kappa shape index (κ2) is 13.7. The third-order valence-corrected chi connectivity index (χ3v) is 4.53. The molecule has 0 aromatic heterocycles. The zero-order valence-electron chi connectivity index (χ0n) is 18.9. The Morgan fingerprint density at radius 2 is 1.81 bits per heavy atom. The van der Waals surface area contributed by atoms with Crippen molar-refractivity contribution < 1.29 is 14.3 Å². The van der Waals surface area contributed by atoms with E-state index >= 15 is 0 Å². The molecule has 2 aromatic rings. The van der Waals surface area contributed by atoms with Crippen LogP contribution in [0, 0.1) is 0 Å². The van der Waals surface area contributed by atoms with E-state index in [1.165, 1.54) is 12.5 Å². The van der Waals surface area contributed by atoms with Crippen molar-refractivity contribution in [1.82, 2.24) is 10.2 Å². The first-order chi connectivity index (χ1) is 14.5. The zero-order valence-corrected chi connectivity index (χ0v) is 21.2. The van der Waals surface area contributed by atoms with Crippen molar-refractivity contribution in [3.05, 3.63) is 53.6 Å². The van der Waals surface area contributed by atoms with Gasteiger partial charge in [-0.1, -0.05) is 12.1 Å². The molecule has 0 aliphatic heterocycles. The van der Waals surface area contributed by atoms with Gasteiger partial charge in [0.1, 0.15) is 11.5 Å². The molecule has 0 saturated carbocycles. The molecule has 170 valence electrons. The fourth-order valence-electron chi connectivity index (χ4n) is 3.03. The molecule has 0 atom stereocenters. The van der Waals surface area contributed by atoms with Gasteiger partial charge in [-0.15, -0.1) is 24.0 Å². The molecule has 0 aliphatic rings. The lowest BCUT2D eigenvalue weighted by Gasteiger charge is -2.23. The summed E-state index contributed by atoms with van der Waals surface area (Å²) in [6, 6.07) is 13.7. The maximum absolute atomic E-state index is 11.1. The van der Waals surface area contributed by atoms with Crippen LogP contribution in [0.15, 0.2) is 47.5 Å². The number of amides is 1. The molecule has 0 radical (unpaired) electrons. The Hall–Kier alpha value is -2.49. The molecule has 2 aromatic carbocycles. The maximum Gasteiger partial charge on any atom is 0.221 e. The largest absolute Gasteiger partial charge is 0.497 e. The lowest BCUT2D eigenvalue weighted by Crippen LogP contribution is -2.38. The summed E-state index contributed by atoms with van der Waals surface area (Å²) in [4.78, 5) is 18.0.